The second kappa shape index (κ2) is 12.0. The van der Waals surface area contributed by atoms with E-state index in [0.717, 1.165) is 17.7 Å². The number of hydrogen-bond acceptors (Lipinski definition) is 8. The summed E-state index contributed by atoms with van der Waals surface area (Å²) in [5.74, 6) is 0.896. The molecule has 0 saturated carbocycles. The summed E-state index contributed by atoms with van der Waals surface area (Å²) in [5, 5.41) is 19.9. The third kappa shape index (κ3) is 6.83. The molecular weight excluding hydrogens is 458 g/mol. The Bertz CT molecular complexity index is 1300. The number of nitrogens with one attached hydrogen (secondary N) is 3. The summed E-state index contributed by atoms with van der Waals surface area (Å²) in [6.45, 7) is 1.61. The number of nitro groups is 1. The standard InChI is InChI=1S/C26H25N7O3/c34-25(28-14-12-19-4-2-1-3-5-19)21-8-6-20(7-9-21)23-13-15-29-26(32-23)30-17-16-27-24-11-10-22(18-31-24)33(35)36/h1-11,13,15,18H,12,14,16-17H2,(H,27,31)(H,28,34)(H,29,30,32). The zero-order valence-corrected chi connectivity index (χ0v) is 19.4. The second-order valence-electron chi connectivity index (χ2n) is 7.85. The molecule has 0 fully saturated rings. The number of hydrogen-bond donors (Lipinski definition) is 3. The van der Waals surface area contributed by atoms with E-state index >= 15 is 0 Å². The summed E-state index contributed by atoms with van der Waals surface area (Å²) < 4.78 is 0. The number of amides is 1. The molecule has 0 aliphatic rings. The summed E-state index contributed by atoms with van der Waals surface area (Å²) >= 11 is 0. The molecule has 10 nitrogen and oxygen atoms in total. The predicted molar refractivity (Wildman–Crippen MR) is 138 cm³/mol. The van der Waals surface area contributed by atoms with Gasteiger partial charge in [-0.05, 0) is 36.2 Å². The normalized spacial score (nSPS) is 10.4. The van der Waals surface area contributed by atoms with Crippen molar-refractivity contribution in [3.05, 3.63) is 106 Å². The Hall–Kier alpha value is -4.86. The molecule has 0 spiro atoms. The number of benzene rings is 2. The van der Waals surface area contributed by atoms with Gasteiger partial charge in [-0.3, -0.25) is 14.9 Å². The minimum Gasteiger partial charge on any atom is -0.368 e. The van der Waals surface area contributed by atoms with Crippen LogP contribution in [0.5, 0.6) is 0 Å². The number of anilines is 2. The van der Waals surface area contributed by atoms with Gasteiger partial charge in [-0.1, -0.05) is 42.5 Å². The van der Waals surface area contributed by atoms with Gasteiger partial charge < -0.3 is 16.0 Å². The van der Waals surface area contributed by atoms with E-state index in [1.807, 2.05) is 42.5 Å². The van der Waals surface area contributed by atoms with Gasteiger partial charge in [-0.25, -0.2) is 15.0 Å². The van der Waals surface area contributed by atoms with E-state index in [-0.39, 0.29) is 11.6 Å². The lowest BCUT2D eigenvalue weighted by Crippen LogP contribution is -2.25. The molecule has 0 aliphatic heterocycles. The predicted octanol–water partition coefficient (Wildman–Crippen LogP) is 3.94. The van der Waals surface area contributed by atoms with Crippen molar-refractivity contribution in [2.24, 2.45) is 0 Å². The average molecular weight is 484 g/mol. The summed E-state index contributed by atoms with van der Waals surface area (Å²) in [5.41, 5.74) is 3.31. The van der Waals surface area contributed by atoms with Crippen molar-refractivity contribution in [3.8, 4) is 11.3 Å². The first-order valence-corrected chi connectivity index (χ1v) is 11.4. The quantitative estimate of drug-likeness (QED) is 0.166. The maximum absolute atomic E-state index is 12.4. The number of aromatic nitrogens is 3. The highest BCUT2D eigenvalue weighted by Gasteiger charge is 2.08. The van der Waals surface area contributed by atoms with E-state index < -0.39 is 4.92 Å². The SMILES string of the molecule is O=C(NCCc1ccccc1)c1ccc(-c2ccnc(NCCNc3ccc([N+](=O)[O-])cn3)n2)cc1. The first-order chi connectivity index (χ1) is 17.6. The molecule has 0 unspecified atom stereocenters. The molecule has 0 atom stereocenters. The molecule has 10 heteroatoms. The summed E-state index contributed by atoms with van der Waals surface area (Å²) in [7, 11) is 0. The lowest BCUT2D eigenvalue weighted by molar-refractivity contribution is -0.385. The summed E-state index contributed by atoms with van der Waals surface area (Å²) in [6.07, 6.45) is 3.66. The highest BCUT2D eigenvalue weighted by molar-refractivity contribution is 5.94. The van der Waals surface area contributed by atoms with E-state index in [1.54, 1.807) is 30.5 Å². The minimum absolute atomic E-state index is 0.0550. The van der Waals surface area contributed by atoms with E-state index in [4.69, 9.17) is 0 Å². The fourth-order valence-electron chi connectivity index (χ4n) is 3.43. The van der Waals surface area contributed by atoms with E-state index in [9.17, 15) is 14.9 Å². The number of nitrogens with zero attached hydrogens (tertiary/aromatic N) is 4. The van der Waals surface area contributed by atoms with Crippen LogP contribution in [0.15, 0.2) is 85.2 Å². The Balaban J connectivity index is 1.25. The third-order valence-corrected chi connectivity index (χ3v) is 5.31. The first-order valence-electron chi connectivity index (χ1n) is 11.4. The molecule has 3 N–H and O–H groups in total. The van der Waals surface area contributed by atoms with Crippen LogP contribution in [0, 0.1) is 10.1 Å². The van der Waals surface area contributed by atoms with Gasteiger partial charge in [-0.2, -0.15) is 0 Å². The van der Waals surface area contributed by atoms with E-state index in [0.29, 0.717) is 37.0 Å². The third-order valence-electron chi connectivity index (χ3n) is 5.31. The van der Waals surface area contributed by atoms with Crippen LogP contribution in [-0.4, -0.2) is 45.4 Å². The number of carbonyl (C=O) groups excluding carboxylic acids is 1. The average Bonchev–Trinajstić information content (AvgIpc) is 2.92. The van der Waals surface area contributed by atoms with Gasteiger partial charge in [0.05, 0.1) is 10.6 Å². The maximum Gasteiger partial charge on any atom is 0.287 e. The van der Waals surface area contributed by atoms with Gasteiger partial charge in [0.2, 0.25) is 5.95 Å². The van der Waals surface area contributed by atoms with Crippen molar-refractivity contribution in [2.45, 2.75) is 6.42 Å². The topological polar surface area (TPSA) is 135 Å². The van der Waals surface area contributed by atoms with Gasteiger partial charge in [-0.15, -0.1) is 0 Å². The Morgan fingerprint density at radius 2 is 1.64 bits per heavy atom. The first kappa shape index (κ1) is 24.3. The lowest BCUT2D eigenvalue weighted by atomic mass is 10.1. The van der Waals surface area contributed by atoms with Crippen LogP contribution in [0.25, 0.3) is 11.3 Å². The van der Waals surface area contributed by atoms with Gasteiger partial charge in [0.1, 0.15) is 12.0 Å². The molecule has 0 aliphatic carbocycles. The van der Waals surface area contributed by atoms with Crippen molar-refractivity contribution in [1.82, 2.24) is 20.3 Å². The zero-order chi connectivity index (χ0) is 25.2. The monoisotopic (exact) mass is 483 g/mol. The van der Waals surface area contributed by atoms with Crippen LogP contribution in [0.2, 0.25) is 0 Å². The Kier molecular flexibility index (Phi) is 8.10. The maximum atomic E-state index is 12.4. The molecule has 4 rings (SSSR count). The number of rotatable bonds is 11. The Labute approximate surface area is 208 Å². The molecule has 2 aromatic carbocycles. The highest BCUT2D eigenvalue weighted by atomic mass is 16.6. The smallest absolute Gasteiger partial charge is 0.287 e. The van der Waals surface area contributed by atoms with E-state index in [2.05, 4.69) is 30.9 Å². The van der Waals surface area contributed by atoms with Crippen molar-refractivity contribution in [3.63, 3.8) is 0 Å². The van der Waals surface area contributed by atoms with Crippen molar-refractivity contribution in [2.75, 3.05) is 30.3 Å². The minimum atomic E-state index is -0.488. The number of carbonyl (C=O) groups is 1. The van der Waals surface area contributed by atoms with Gasteiger partial charge >= 0.3 is 0 Å². The molecule has 36 heavy (non-hydrogen) atoms. The molecule has 0 bridgehead atoms. The fourth-order valence-corrected chi connectivity index (χ4v) is 3.43. The molecule has 2 heterocycles. The molecule has 1 amide bonds. The van der Waals surface area contributed by atoms with Crippen LogP contribution < -0.4 is 16.0 Å². The van der Waals surface area contributed by atoms with Crippen LogP contribution in [0.4, 0.5) is 17.5 Å². The molecule has 0 radical (unpaired) electrons. The molecule has 182 valence electrons. The zero-order valence-electron chi connectivity index (χ0n) is 19.4. The van der Waals surface area contributed by atoms with Crippen molar-refractivity contribution in [1.29, 1.82) is 0 Å². The Morgan fingerprint density at radius 1 is 0.861 bits per heavy atom. The lowest BCUT2D eigenvalue weighted by Gasteiger charge is -2.09. The largest absolute Gasteiger partial charge is 0.368 e. The van der Waals surface area contributed by atoms with Crippen molar-refractivity contribution < 1.29 is 9.72 Å². The number of pyridine rings is 1. The van der Waals surface area contributed by atoms with Crippen molar-refractivity contribution >= 4 is 23.4 Å². The van der Waals surface area contributed by atoms with E-state index in [1.165, 1.54) is 17.8 Å². The Morgan fingerprint density at radius 3 is 2.36 bits per heavy atom. The van der Waals surface area contributed by atoms with Gasteiger partial charge in [0.25, 0.3) is 11.6 Å². The van der Waals surface area contributed by atoms with Crippen LogP contribution in [-0.2, 0) is 6.42 Å². The molecule has 4 aromatic rings. The van der Waals surface area contributed by atoms with Crippen LogP contribution in [0.3, 0.4) is 0 Å². The second-order valence-corrected chi connectivity index (χ2v) is 7.85. The van der Waals surface area contributed by atoms with Gasteiger partial charge in [0, 0.05) is 43.0 Å². The summed E-state index contributed by atoms with van der Waals surface area (Å²) in [6, 6.07) is 22.1. The fraction of sp³-hybridized carbons (Fsp3) is 0.154. The molecule has 0 saturated heterocycles. The molecular formula is C26H25N7O3. The highest BCUT2D eigenvalue weighted by Crippen LogP contribution is 2.18. The molecule has 2 aromatic heterocycles. The van der Waals surface area contributed by atoms with Crippen LogP contribution >= 0.6 is 0 Å². The van der Waals surface area contributed by atoms with Gasteiger partial charge in [0.15, 0.2) is 0 Å². The summed E-state index contributed by atoms with van der Waals surface area (Å²) in [4.78, 5) is 35.4. The van der Waals surface area contributed by atoms with Crippen LogP contribution in [0.1, 0.15) is 15.9 Å².